The van der Waals surface area contributed by atoms with Crippen molar-refractivity contribution in [2.45, 2.75) is 6.04 Å². The van der Waals surface area contributed by atoms with Gasteiger partial charge in [0.2, 0.25) is 5.91 Å². The third-order valence-electron chi connectivity index (χ3n) is 2.79. The highest BCUT2D eigenvalue weighted by Crippen LogP contribution is 2.15. The third-order valence-corrected chi connectivity index (χ3v) is 3.28. The quantitative estimate of drug-likeness (QED) is 0.865. The molecule has 1 aliphatic heterocycles. The molecule has 0 bridgehead atoms. The molecule has 0 aromatic heterocycles. The molecule has 1 unspecified atom stereocenters. The maximum atomic E-state index is 12.0. The van der Waals surface area contributed by atoms with Crippen LogP contribution in [0.4, 0.5) is 5.69 Å². The summed E-state index contributed by atoms with van der Waals surface area (Å²) in [5.74, 6) is 0.0228. The van der Waals surface area contributed by atoms with Crippen LogP contribution in [0.3, 0.4) is 0 Å². The molecule has 0 spiro atoms. The summed E-state index contributed by atoms with van der Waals surface area (Å²) < 4.78 is 0.962. The number of hydrogen-bond donors (Lipinski definition) is 2. The molecule has 4 nitrogen and oxygen atoms in total. The summed E-state index contributed by atoms with van der Waals surface area (Å²) >= 11 is 3.38. The van der Waals surface area contributed by atoms with Gasteiger partial charge in [-0.25, -0.2) is 0 Å². The second-order valence-electron chi connectivity index (χ2n) is 4.27. The Hall–Kier alpha value is -0.910. The molecule has 1 aliphatic rings. The zero-order valence-corrected chi connectivity index (χ0v) is 11.3. The normalized spacial score (nSPS) is 21.2. The predicted octanol–water partition coefficient (Wildman–Crippen LogP) is 1.29. The lowest BCUT2D eigenvalue weighted by atomic mass is 10.2. The second kappa shape index (κ2) is 5.62. The number of carbonyl (C=O) groups excluding carboxylic acids is 1. The van der Waals surface area contributed by atoms with Gasteiger partial charge in [0.05, 0.1) is 6.04 Å². The van der Waals surface area contributed by atoms with Gasteiger partial charge in [-0.05, 0) is 25.2 Å². The monoisotopic (exact) mass is 297 g/mol. The molecule has 1 fully saturated rings. The number of likely N-dealkylation sites (N-methyl/N-ethyl adjacent to an activating group) is 1. The molecule has 92 valence electrons. The molecular weight excluding hydrogens is 282 g/mol. The Labute approximate surface area is 110 Å². The highest BCUT2D eigenvalue weighted by Gasteiger charge is 2.23. The summed E-state index contributed by atoms with van der Waals surface area (Å²) in [5.41, 5.74) is 0.819. The molecule has 1 aromatic rings. The van der Waals surface area contributed by atoms with Crippen molar-refractivity contribution in [3.63, 3.8) is 0 Å². The highest BCUT2D eigenvalue weighted by molar-refractivity contribution is 9.10. The Morgan fingerprint density at radius 3 is 3.12 bits per heavy atom. The Bertz CT molecular complexity index is 410. The summed E-state index contributed by atoms with van der Waals surface area (Å²) in [6, 6.07) is 7.48. The van der Waals surface area contributed by atoms with Gasteiger partial charge in [0.15, 0.2) is 0 Å². The number of halogens is 1. The van der Waals surface area contributed by atoms with Crippen LogP contribution in [0.1, 0.15) is 0 Å². The standard InChI is InChI=1S/C12H16BrN3O/c1-16-6-5-14-11(8-16)12(17)15-10-4-2-3-9(13)7-10/h2-4,7,11,14H,5-6,8H2,1H3,(H,15,17). The van der Waals surface area contributed by atoms with E-state index < -0.39 is 0 Å². The number of piperazine rings is 1. The lowest BCUT2D eigenvalue weighted by molar-refractivity contribution is -0.119. The van der Waals surface area contributed by atoms with Crippen molar-refractivity contribution in [2.24, 2.45) is 0 Å². The molecule has 2 N–H and O–H groups in total. The molecule has 5 heteroatoms. The van der Waals surface area contributed by atoms with Gasteiger partial charge < -0.3 is 15.5 Å². The van der Waals surface area contributed by atoms with E-state index in [0.29, 0.717) is 0 Å². The molecule has 1 aromatic carbocycles. The van der Waals surface area contributed by atoms with Crippen molar-refractivity contribution in [2.75, 3.05) is 32.0 Å². The van der Waals surface area contributed by atoms with E-state index >= 15 is 0 Å². The molecule has 0 radical (unpaired) electrons. The van der Waals surface area contributed by atoms with Crippen molar-refractivity contribution in [1.29, 1.82) is 0 Å². The van der Waals surface area contributed by atoms with Crippen molar-refractivity contribution in [3.05, 3.63) is 28.7 Å². The fraction of sp³-hybridized carbons (Fsp3) is 0.417. The number of benzene rings is 1. The van der Waals surface area contributed by atoms with Gasteiger partial charge in [0, 0.05) is 29.8 Å². The average Bonchev–Trinajstić information content (AvgIpc) is 2.29. The number of nitrogens with zero attached hydrogens (tertiary/aromatic N) is 1. The van der Waals surface area contributed by atoms with Crippen LogP contribution < -0.4 is 10.6 Å². The van der Waals surface area contributed by atoms with Crippen molar-refractivity contribution >= 4 is 27.5 Å². The molecule has 2 rings (SSSR count). The molecule has 0 saturated carbocycles. The first-order valence-corrected chi connectivity index (χ1v) is 6.43. The minimum atomic E-state index is -0.132. The van der Waals surface area contributed by atoms with Crippen LogP contribution in [0.15, 0.2) is 28.7 Å². The number of anilines is 1. The van der Waals surface area contributed by atoms with Gasteiger partial charge in [0.25, 0.3) is 0 Å². The van der Waals surface area contributed by atoms with E-state index in [-0.39, 0.29) is 11.9 Å². The van der Waals surface area contributed by atoms with Crippen LogP contribution in [0.2, 0.25) is 0 Å². The zero-order valence-electron chi connectivity index (χ0n) is 9.74. The summed E-state index contributed by atoms with van der Waals surface area (Å²) in [7, 11) is 2.03. The van der Waals surface area contributed by atoms with Crippen LogP contribution in [0.25, 0.3) is 0 Å². The lowest BCUT2D eigenvalue weighted by Crippen LogP contribution is -2.54. The van der Waals surface area contributed by atoms with Crippen LogP contribution in [0.5, 0.6) is 0 Å². The molecular formula is C12H16BrN3O. The number of carbonyl (C=O) groups is 1. The van der Waals surface area contributed by atoms with Gasteiger partial charge >= 0.3 is 0 Å². The minimum Gasteiger partial charge on any atom is -0.325 e. The van der Waals surface area contributed by atoms with E-state index in [2.05, 4.69) is 31.5 Å². The van der Waals surface area contributed by atoms with E-state index in [4.69, 9.17) is 0 Å². The van der Waals surface area contributed by atoms with Gasteiger partial charge in [-0.1, -0.05) is 22.0 Å². The van der Waals surface area contributed by atoms with Crippen LogP contribution in [-0.4, -0.2) is 43.5 Å². The second-order valence-corrected chi connectivity index (χ2v) is 5.18. The molecule has 17 heavy (non-hydrogen) atoms. The topological polar surface area (TPSA) is 44.4 Å². The molecule has 0 aliphatic carbocycles. The minimum absolute atomic E-state index is 0.0228. The fourth-order valence-corrected chi connectivity index (χ4v) is 2.27. The summed E-state index contributed by atoms with van der Waals surface area (Å²) in [5, 5.41) is 6.13. The first-order chi connectivity index (χ1) is 8.15. The summed E-state index contributed by atoms with van der Waals surface area (Å²) in [6.07, 6.45) is 0. The maximum absolute atomic E-state index is 12.0. The van der Waals surface area contributed by atoms with Gasteiger partial charge in [-0.15, -0.1) is 0 Å². The van der Waals surface area contributed by atoms with Crippen LogP contribution >= 0.6 is 15.9 Å². The van der Waals surface area contributed by atoms with E-state index in [1.165, 1.54) is 0 Å². The Morgan fingerprint density at radius 1 is 1.59 bits per heavy atom. The highest BCUT2D eigenvalue weighted by atomic mass is 79.9. The SMILES string of the molecule is CN1CCNC(C(=O)Nc2cccc(Br)c2)C1. The predicted molar refractivity (Wildman–Crippen MR) is 72.1 cm³/mol. The van der Waals surface area contributed by atoms with E-state index in [0.717, 1.165) is 29.8 Å². The molecule has 1 saturated heterocycles. The summed E-state index contributed by atoms with van der Waals surface area (Å²) in [6.45, 7) is 2.59. The maximum Gasteiger partial charge on any atom is 0.242 e. The Morgan fingerprint density at radius 2 is 2.41 bits per heavy atom. The Kier molecular flexibility index (Phi) is 4.15. The van der Waals surface area contributed by atoms with Gasteiger partial charge in [-0.3, -0.25) is 4.79 Å². The fourth-order valence-electron chi connectivity index (χ4n) is 1.87. The number of amides is 1. The van der Waals surface area contributed by atoms with Crippen molar-refractivity contribution in [3.8, 4) is 0 Å². The van der Waals surface area contributed by atoms with Crippen LogP contribution in [0, 0.1) is 0 Å². The van der Waals surface area contributed by atoms with Crippen LogP contribution in [-0.2, 0) is 4.79 Å². The number of rotatable bonds is 2. The Balaban J connectivity index is 1.96. The smallest absolute Gasteiger partial charge is 0.242 e. The summed E-state index contributed by atoms with van der Waals surface area (Å²) in [4.78, 5) is 14.2. The lowest BCUT2D eigenvalue weighted by Gasteiger charge is -2.29. The molecule has 1 amide bonds. The van der Waals surface area contributed by atoms with E-state index in [9.17, 15) is 4.79 Å². The van der Waals surface area contributed by atoms with Gasteiger partial charge in [-0.2, -0.15) is 0 Å². The third kappa shape index (κ3) is 3.52. The van der Waals surface area contributed by atoms with E-state index in [1.807, 2.05) is 31.3 Å². The molecule has 1 heterocycles. The van der Waals surface area contributed by atoms with Crippen molar-refractivity contribution in [1.82, 2.24) is 10.2 Å². The number of nitrogens with one attached hydrogen (secondary N) is 2. The zero-order chi connectivity index (χ0) is 12.3. The first kappa shape index (κ1) is 12.5. The first-order valence-electron chi connectivity index (χ1n) is 5.63. The van der Waals surface area contributed by atoms with E-state index in [1.54, 1.807) is 0 Å². The average molecular weight is 298 g/mol. The number of hydrogen-bond acceptors (Lipinski definition) is 3. The molecule has 1 atom stereocenters. The van der Waals surface area contributed by atoms with Gasteiger partial charge in [0.1, 0.15) is 0 Å². The van der Waals surface area contributed by atoms with Crippen molar-refractivity contribution < 1.29 is 4.79 Å². The largest absolute Gasteiger partial charge is 0.325 e.